The van der Waals surface area contributed by atoms with Crippen molar-refractivity contribution in [2.45, 2.75) is 58.9 Å². The minimum absolute atomic E-state index is 0.201. The summed E-state index contributed by atoms with van der Waals surface area (Å²) in [4.78, 5) is 22.7. The van der Waals surface area contributed by atoms with Crippen LogP contribution in [0.2, 0.25) is 0 Å². The van der Waals surface area contributed by atoms with Crippen LogP contribution in [0.15, 0.2) is 4.52 Å². The van der Waals surface area contributed by atoms with Crippen molar-refractivity contribution in [3.63, 3.8) is 0 Å². The second-order valence-corrected chi connectivity index (χ2v) is 4.91. The van der Waals surface area contributed by atoms with E-state index >= 15 is 0 Å². The van der Waals surface area contributed by atoms with Crippen molar-refractivity contribution < 1.29 is 19.2 Å². The van der Waals surface area contributed by atoms with E-state index in [9.17, 15) is 9.59 Å². The molecule has 1 unspecified atom stereocenters. The van der Waals surface area contributed by atoms with Crippen LogP contribution in [0.1, 0.15) is 61.3 Å². The molecule has 6 nitrogen and oxygen atoms in total. The molecule has 1 amide bonds. The zero-order valence-corrected chi connectivity index (χ0v) is 12.2. The lowest BCUT2D eigenvalue weighted by Crippen LogP contribution is -2.38. The molecule has 0 saturated heterocycles. The van der Waals surface area contributed by atoms with Gasteiger partial charge in [0.15, 0.2) is 5.69 Å². The highest BCUT2D eigenvalue weighted by Crippen LogP contribution is 2.17. The van der Waals surface area contributed by atoms with E-state index in [1.807, 2.05) is 0 Å². The standard InChI is InChI=1S/C14H22N2O4/c1-4-5-6-7-8-11-10(3)20-16-12(11)13(17)15-9(2)14(18)19/h9H,4-8H2,1-3H3,(H,15,17)(H,18,19). The largest absolute Gasteiger partial charge is 0.480 e. The van der Waals surface area contributed by atoms with Gasteiger partial charge in [-0.1, -0.05) is 31.3 Å². The highest BCUT2D eigenvalue weighted by Gasteiger charge is 2.22. The highest BCUT2D eigenvalue weighted by molar-refractivity contribution is 5.96. The molecule has 1 atom stereocenters. The van der Waals surface area contributed by atoms with Crippen molar-refractivity contribution in [3.8, 4) is 0 Å². The Morgan fingerprint density at radius 1 is 1.35 bits per heavy atom. The number of carboxylic acids is 1. The summed E-state index contributed by atoms with van der Waals surface area (Å²) in [5.41, 5.74) is 0.975. The Bertz CT molecular complexity index is 468. The topological polar surface area (TPSA) is 92.4 Å². The number of hydrogen-bond acceptors (Lipinski definition) is 4. The van der Waals surface area contributed by atoms with E-state index in [0.29, 0.717) is 5.76 Å². The van der Waals surface area contributed by atoms with E-state index in [0.717, 1.165) is 37.7 Å². The molecule has 112 valence electrons. The Morgan fingerprint density at radius 2 is 2.05 bits per heavy atom. The third kappa shape index (κ3) is 4.36. The van der Waals surface area contributed by atoms with Gasteiger partial charge in [-0.2, -0.15) is 0 Å². The molecule has 0 bridgehead atoms. The first-order chi connectivity index (χ1) is 9.47. The van der Waals surface area contributed by atoms with Crippen LogP contribution < -0.4 is 5.32 Å². The van der Waals surface area contributed by atoms with Gasteiger partial charge in [-0.25, -0.2) is 0 Å². The molecule has 0 aliphatic rings. The summed E-state index contributed by atoms with van der Waals surface area (Å²) in [6.45, 7) is 5.31. The smallest absolute Gasteiger partial charge is 0.325 e. The lowest BCUT2D eigenvalue weighted by atomic mass is 10.0. The quantitative estimate of drug-likeness (QED) is 0.714. The number of unbranched alkanes of at least 4 members (excludes halogenated alkanes) is 3. The van der Waals surface area contributed by atoms with Gasteiger partial charge in [-0.3, -0.25) is 9.59 Å². The van der Waals surface area contributed by atoms with Gasteiger partial charge in [-0.15, -0.1) is 0 Å². The molecule has 0 saturated carbocycles. The Hall–Kier alpha value is -1.85. The number of amides is 1. The summed E-state index contributed by atoms with van der Waals surface area (Å²) in [5.74, 6) is -0.958. The SMILES string of the molecule is CCCCCCc1c(C(=O)NC(C)C(=O)O)noc1C. The van der Waals surface area contributed by atoms with Crippen molar-refractivity contribution in [2.24, 2.45) is 0 Å². The van der Waals surface area contributed by atoms with Crippen LogP contribution in [0.25, 0.3) is 0 Å². The molecular weight excluding hydrogens is 260 g/mol. The van der Waals surface area contributed by atoms with E-state index in [4.69, 9.17) is 9.63 Å². The summed E-state index contributed by atoms with van der Waals surface area (Å²) >= 11 is 0. The van der Waals surface area contributed by atoms with E-state index < -0.39 is 17.9 Å². The third-order valence-corrected chi connectivity index (χ3v) is 3.20. The zero-order chi connectivity index (χ0) is 15.1. The van der Waals surface area contributed by atoms with Crippen LogP contribution in [-0.4, -0.2) is 28.2 Å². The molecule has 2 N–H and O–H groups in total. The van der Waals surface area contributed by atoms with E-state index in [1.165, 1.54) is 6.92 Å². The van der Waals surface area contributed by atoms with Crippen molar-refractivity contribution >= 4 is 11.9 Å². The maximum absolute atomic E-state index is 12.0. The number of carboxylic acid groups (broad SMARTS) is 1. The van der Waals surface area contributed by atoms with Crippen molar-refractivity contribution in [3.05, 3.63) is 17.0 Å². The fraction of sp³-hybridized carbons (Fsp3) is 0.643. The molecule has 1 aromatic rings. The molecule has 0 aliphatic carbocycles. The van der Waals surface area contributed by atoms with Gasteiger partial charge >= 0.3 is 5.97 Å². The molecule has 0 fully saturated rings. The van der Waals surface area contributed by atoms with E-state index in [1.54, 1.807) is 6.92 Å². The van der Waals surface area contributed by atoms with Gasteiger partial charge in [0, 0.05) is 5.56 Å². The Balaban J connectivity index is 2.70. The predicted octanol–water partition coefficient (Wildman–Crippen LogP) is 2.31. The summed E-state index contributed by atoms with van der Waals surface area (Å²) in [6.07, 6.45) is 5.08. The summed E-state index contributed by atoms with van der Waals surface area (Å²) < 4.78 is 5.06. The van der Waals surface area contributed by atoms with Crippen molar-refractivity contribution in [2.75, 3.05) is 0 Å². The average molecular weight is 282 g/mol. The maximum Gasteiger partial charge on any atom is 0.325 e. The molecule has 1 rings (SSSR count). The lowest BCUT2D eigenvalue weighted by molar-refractivity contribution is -0.138. The molecule has 0 radical (unpaired) electrons. The van der Waals surface area contributed by atoms with Crippen LogP contribution in [0.4, 0.5) is 0 Å². The first kappa shape index (κ1) is 16.2. The minimum Gasteiger partial charge on any atom is -0.480 e. The Kier molecular flexibility index (Phi) is 6.21. The monoisotopic (exact) mass is 282 g/mol. The number of nitrogens with zero attached hydrogens (tertiary/aromatic N) is 1. The first-order valence-electron chi connectivity index (χ1n) is 6.96. The second-order valence-electron chi connectivity index (χ2n) is 4.91. The van der Waals surface area contributed by atoms with Gasteiger partial charge in [0.05, 0.1) is 0 Å². The van der Waals surface area contributed by atoms with Crippen LogP contribution in [0.3, 0.4) is 0 Å². The molecule has 0 aliphatic heterocycles. The van der Waals surface area contributed by atoms with Crippen LogP contribution >= 0.6 is 0 Å². The van der Waals surface area contributed by atoms with E-state index in [-0.39, 0.29) is 5.69 Å². The van der Waals surface area contributed by atoms with Crippen molar-refractivity contribution in [1.82, 2.24) is 10.5 Å². The van der Waals surface area contributed by atoms with Crippen LogP contribution in [0.5, 0.6) is 0 Å². The number of aliphatic carboxylic acids is 1. The maximum atomic E-state index is 12.0. The second kappa shape index (κ2) is 7.67. The number of nitrogens with one attached hydrogen (secondary N) is 1. The minimum atomic E-state index is -1.08. The summed E-state index contributed by atoms with van der Waals surface area (Å²) in [5, 5.41) is 14.9. The Labute approximate surface area is 118 Å². The number of carbonyl (C=O) groups excluding carboxylic acids is 1. The number of rotatable bonds is 8. The summed E-state index contributed by atoms with van der Waals surface area (Å²) in [7, 11) is 0. The zero-order valence-electron chi connectivity index (χ0n) is 12.2. The molecule has 20 heavy (non-hydrogen) atoms. The molecule has 0 spiro atoms. The molecule has 6 heteroatoms. The van der Waals surface area contributed by atoms with Gasteiger partial charge in [0.2, 0.25) is 0 Å². The normalized spacial score (nSPS) is 12.2. The molecule has 1 heterocycles. The summed E-state index contributed by atoms with van der Waals surface area (Å²) in [6, 6.07) is -0.951. The van der Waals surface area contributed by atoms with E-state index in [2.05, 4.69) is 17.4 Å². The Morgan fingerprint density at radius 3 is 2.65 bits per heavy atom. The van der Waals surface area contributed by atoms with Gasteiger partial charge in [0.25, 0.3) is 5.91 Å². The number of aromatic nitrogens is 1. The molecule has 1 aromatic heterocycles. The van der Waals surface area contributed by atoms with Gasteiger partial charge in [-0.05, 0) is 26.7 Å². The number of carbonyl (C=O) groups is 2. The van der Waals surface area contributed by atoms with Crippen LogP contribution in [0, 0.1) is 6.92 Å². The molecule has 0 aromatic carbocycles. The first-order valence-corrected chi connectivity index (χ1v) is 6.96. The average Bonchev–Trinajstić information content (AvgIpc) is 2.76. The molecular formula is C14H22N2O4. The van der Waals surface area contributed by atoms with Gasteiger partial charge in [0.1, 0.15) is 11.8 Å². The highest BCUT2D eigenvalue weighted by atomic mass is 16.5. The number of hydrogen-bond donors (Lipinski definition) is 2. The van der Waals surface area contributed by atoms with Gasteiger partial charge < -0.3 is 14.9 Å². The fourth-order valence-corrected chi connectivity index (χ4v) is 1.92. The van der Waals surface area contributed by atoms with Crippen LogP contribution in [-0.2, 0) is 11.2 Å². The fourth-order valence-electron chi connectivity index (χ4n) is 1.92. The van der Waals surface area contributed by atoms with Crippen molar-refractivity contribution in [1.29, 1.82) is 0 Å². The predicted molar refractivity (Wildman–Crippen MR) is 73.7 cm³/mol. The lowest BCUT2D eigenvalue weighted by Gasteiger charge is -2.08. The number of aryl methyl sites for hydroxylation is 1. The third-order valence-electron chi connectivity index (χ3n) is 3.20.